The maximum absolute atomic E-state index is 12.3. The number of benzene rings is 2. The van der Waals surface area contributed by atoms with E-state index in [-0.39, 0.29) is 5.69 Å². The first-order valence-corrected chi connectivity index (χ1v) is 8.64. The lowest BCUT2D eigenvalue weighted by molar-refractivity contribution is -0.384. The van der Waals surface area contributed by atoms with Gasteiger partial charge < -0.3 is 4.42 Å². The fourth-order valence-corrected chi connectivity index (χ4v) is 3.46. The van der Waals surface area contributed by atoms with Crippen molar-refractivity contribution in [3.63, 3.8) is 0 Å². The number of rotatable bonds is 3. The maximum Gasteiger partial charge on any atom is 0.346 e. The van der Waals surface area contributed by atoms with Crippen LogP contribution in [0.1, 0.15) is 5.56 Å². The van der Waals surface area contributed by atoms with Crippen LogP contribution in [0.3, 0.4) is 0 Å². The summed E-state index contributed by atoms with van der Waals surface area (Å²) < 4.78 is 5.30. The molecule has 0 aliphatic rings. The second-order valence-corrected chi connectivity index (χ2v) is 6.69. The third-order valence-electron chi connectivity index (χ3n) is 4.01. The Hall–Kier alpha value is -3.32. The Kier molecular flexibility index (Phi) is 3.85. The van der Waals surface area contributed by atoms with Gasteiger partial charge in [0.1, 0.15) is 10.6 Å². The van der Waals surface area contributed by atoms with Gasteiger partial charge in [-0.15, -0.1) is 11.3 Å². The van der Waals surface area contributed by atoms with Crippen molar-refractivity contribution in [2.24, 2.45) is 0 Å². The van der Waals surface area contributed by atoms with Gasteiger partial charge in [0.15, 0.2) is 0 Å². The third-order valence-corrected chi connectivity index (χ3v) is 4.88. The Morgan fingerprint density at radius 1 is 1.12 bits per heavy atom. The molecule has 2 aromatic heterocycles. The Labute approximate surface area is 151 Å². The summed E-state index contributed by atoms with van der Waals surface area (Å²) in [5.74, 6) is 0. The van der Waals surface area contributed by atoms with Gasteiger partial charge in [0.05, 0.1) is 16.2 Å². The molecule has 0 fully saturated rings. The average Bonchev–Trinajstić information content (AvgIpc) is 3.11. The van der Waals surface area contributed by atoms with Crippen molar-refractivity contribution >= 4 is 28.0 Å². The molecule has 0 atom stereocenters. The summed E-state index contributed by atoms with van der Waals surface area (Å²) in [4.78, 5) is 27.3. The standard InChI is InChI=1S/C19H12N2O4S/c1-11-2-4-12(5-3-11)16-10-26-18(20-16)15-9-13-8-14(21(23)24)6-7-17(13)25-19(15)22/h2-10H,1H3. The minimum absolute atomic E-state index is 0.0585. The lowest BCUT2D eigenvalue weighted by Gasteiger charge is -2.00. The molecule has 0 radical (unpaired) electrons. The van der Waals surface area contributed by atoms with Gasteiger partial charge in [0.2, 0.25) is 0 Å². The molecule has 0 spiro atoms. The predicted octanol–water partition coefficient (Wildman–Crippen LogP) is 4.80. The number of fused-ring (bicyclic) bond motifs is 1. The van der Waals surface area contributed by atoms with Crippen molar-refractivity contribution in [1.82, 2.24) is 4.98 Å². The van der Waals surface area contributed by atoms with Crippen LogP contribution in [-0.2, 0) is 0 Å². The summed E-state index contributed by atoms with van der Waals surface area (Å²) in [5, 5.41) is 13.8. The van der Waals surface area contributed by atoms with Crippen molar-refractivity contribution < 1.29 is 9.34 Å². The molecule has 0 aliphatic heterocycles. The summed E-state index contributed by atoms with van der Waals surface area (Å²) in [6.45, 7) is 2.01. The highest BCUT2D eigenvalue weighted by Crippen LogP contribution is 2.29. The van der Waals surface area contributed by atoms with Crippen LogP contribution < -0.4 is 5.63 Å². The molecular weight excluding hydrogens is 352 g/mol. The van der Waals surface area contributed by atoms with E-state index >= 15 is 0 Å². The molecule has 2 aromatic carbocycles. The monoisotopic (exact) mass is 364 g/mol. The van der Waals surface area contributed by atoms with Gasteiger partial charge >= 0.3 is 5.63 Å². The van der Waals surface area contributed by atoms with E-state index in [1.165, 1.54) is 29.5 Å². The fourth-order valence-electron chi connectivity index (χ4n) is 2.63. The van der Waals surface area contributed by atoms with Crippen molar-refractivity contribution in [3.05, 3.63) is 80.0 Å². The summed E-state index contributed by atoms with van der Waals surface area (Å²) in [7, 11) is 0. The van der Waals surface area contributed by atoms with Gasteiger partial charge in [-0.25, -0.2) is 9.78 Å². The fraction of sp³-hybridized carbons (Fsp3) is 0.0526. The van der Waals surface area contributed by atoms with Gasteiger partial charge in [-0.1, -0.05) is 29.8 Å². The predicted molar refractivity (Wildman–Crippen MR) is 100 cm³/mol. The van der Waals surface area contributed by atoms with Crippen LogP contribution in [0.15, 0.2) is 63.1 Å². The van der Waals surface area contributed by atoms with Crippen LogP contribution in [0.2, 0.25) is 0 Å². The number of nitro benzene ring substituents is 1. The number of nitro groups is 1. The highest BCUT2D eigenvalue weighted by Gasteiger charge is 2.15. The van der Waals surface area contributed by atoms with Crippen molar-refractivity contribution in [1.29, 1.82) is 0 Å². The first kappa shape index (κ1) is 16.2. The SMILES string of the molecule is Cc1ccc(-c2csc(-c3cc4cc([N+](=O)[O-])ccc4oc3=O)n2)cc1. The molecule has 2 heterocycles. The van der Waals surface area contributed by atoms with Crippen LogP contribution in [0.25, 0.3) is 32.8 Å². The Bertz CT molecular complexity index is 1190. The largest absolute Gasteiger partial charge is 0.422 e. The Morgan fingerprint density at radius 2 is 1.88 bits per heavy atom. The topological polar surface area (TPSA) is 86.2 Å². The average molecular weight is 364 g/mol. The summed E-state index contributed by atoms with van der Waals surface area (Å²) in [5.41, 5.74) is 2.90. The number of hydrogen-bond donors (Lipinski definition) is 0. The second-order valence-electron chi connectivity index (χ2n) is 5.83. The number of thiazole rings is 1. The van der Waals surface area contributed by atoms with Gasteiger partial charge in [0, 0.05) is 28.5 Å². The van der Waals surface area contributed by atoms with E-state index in [1.54, 1.807) is 6.07 Å². The van der Waals surface area contributed by atoms with Crippen LogP contribution >= 0.6 is 11.3 Å². The summed E-state index contributed by atoms with van der Waals surface area (Å²) in [6, 6.07) is 13.7. The van der Waals surface area contributed by atoms with Crippen molar-refractivity contribution in [2.45, 2.75) is 6.92 Å². The molecule has 6 nitrogen and oxygen atoms in total. The molecule has 0 unspecified atom stereocenters. The van der Waals surface area contributed by atoms with E-state index in [4.69, 9.17) is 4.42 Å². The number of hydrogen-bond acceptors (Lipinski definition) is 6. The number of aryl methyl sites for hydroxylation is 1. The first-order chi connectivity index (χ1) is 12.5. The molecular formula is C19H12N2O4S. The highest BCUT2D eigenvalue weighted by molar-refractivity contribution is 7.13. The number of aromatic nitrogens is 1. The van der Waals surface area contributed by atoms with E-state index in [0.717, 1.165) is 16.8 Å². The van der Waals surface area contributed by atoms with Crippen LogP contribution in [0.5, 0.6) is 0 Å². The molecule has 0 saturated heterocycles. The molecule has 0 aliphatic carbocycles. The molecule has 0 saturated carbocycles. The van der Waals surface area contributed by atoms with E-state index in [0.29, 0.717) is 21.5 Å². The molecule has 128 valence electrons. The molecule has 0 bridgehead atoms. The van der Waals surface area contributed by atoms with E-state index in [1.807, 2.05) is 36.6 Å². The molecule has 0 amide bonds. The minimum atomic E-state index is -0.517. The molecule has 0 N–H and O–H groups in total. The first-order valence-electron chi connectivity index (χ1n) is 7.76. The quantitative estimate of drug-likeness (QED) is 0.296. The summed E-state index contributed by atoms with van der Waals surface area (Å²) in [6.07, 6.45) is 0. The van der Waals surface area contributed by atoms with Gasteiger partial charge in [0.25, 0.3) is 5.69 Å². The van der Waals surface area contributed by atoms with E-state index < -0.39 is 10.5 Å². The Balaban J connectivity index is 1.81. The second kappa shape index (κ2) is 6.20. The smallest absolute Gasteiger partial charge is 0.346 e. The lowest BCUT2D eigenvalue weighted by atomic mass is 10.1. The zero-order valence-corrected chi connectivity index (χ0v) is 14.4. The zero-order valence-electron chi connectivity index (χ0n) is 13.6. The Morgan fingerprint density at radius 3 is 2.62 bits per heavy atom. The van der Waals surface area contributed by atoms with E-state index in [2.05, 4.69) is 4.98 Å². The van der Waals surface area contributed by atoms with Crippen molar-refractivity contribution in [2.75, 3.05) is 0 Å². The van der Waals surface area contributed by atoms with Crippen LogP contribution in [-0.4, -0.2) is 9.91 Å². The maximum atomic E-state index is 12.3. The van der Waals surface area contributed by atoms with Gasteiger partial charge in [-0.05, 0) is 19.1 Å². The zero-order chi connectivity index (χ0) is 18.3. The van der Waals surface area contributed by atoms with Gasteiger partial charge in [-0.2, -0.15) is 0 Å². The minimum Gasteiger partial charge on any atom is -0.422 e. The third kappa shape index (κ3) is 2.89. The number of non-ortho nitro benzene ring substituents is 1. The molecule has 26 heavy (non-hydrogen) atoms. The molecule has 4 aromatic rings. The highest BCUT2D eigenvalue weighted by atomic mass is 32.1. The van der Waals surface area contributed by atoms with Crippen LogP contribution in [0.4, 0.5) is 5.69 Å². The van der Waals surface area contributed by atoms with Gasteiger partial charge in [-0.3, -0.25) is 10.1 Å². The number of nitrogens with zero attached hydrogens (tertiary/aromatic N) is 2. The lowest BCUT2D eigenvalue weighted by Crippen LogP contribution is -2.02. The van der Waals surface area contributed by atoms with Crippen molar-refractivity contribution in [3.8, 4) is 21.8 Å². The van der Waals surface area contributed by atoms with Crippen LogP contribution in [0, 0.1) is 17.0 Å². The van der Waals surface area contributed by atoms with E-state index in [9.17, 15) is 14.9 Å². The summed E-state index contributed by atoms with van der Waals surface area (Å²) >= 11 is 1.33. The molecule has 4 rings (SSSR count). The normalized spacial score (nSPS) is 11.0. The molecule has 7 heteroatoms.